The first-order chi connectivity index (χ1) is 8.33. The molecular weight excluding hydrogens is 208 g/mol. The molecular formula is C15H14N2. The van der Waals surface area contributed by atoms with Gasteiger partial charge in [-0.25, -0.2) is 0 Å². The van der Waals surface area contributed by atoms with Crippen molar-refractivity contribution in [1.82, 2.24) is 4.57 Å². The Morgan fingerprint density at radius 2 is 1.82 bits per heavy atom. The molecule has 1 aromatic heterocycles. The van der Waals surface area contributed by atoms with Gasteiger partial charge in [-0.1, -0.05) is 36.4 Å². The van der Waals surface area contributed by atoms with E-state index in [1.54, 1.807) is 0 Å². The van der Waals surface area contributed by atoms with E-state index in [0.29, 0.717) is 0 Å². The smallest absolute Gasteiger partial charge is 0.0727 e. The highest BCUT2D eigenvalue weighted by Crippen LogP contribution is 2.32. The van der Waals surface area contributed by atoms with Gasteiger partial charge in [-0.2, -0.15) is 0 Å². The minimum Gasteiger partial charge on any atom is -0.397 e. The van der Waals surface area contributed by atoms with Crippen LogP contribution in [0.2, 0.25) is 0 Å². The van der Waals surface area contributed by atoms with E-state index in [0.717, 1.165) is 17.7 Å². The molecule has 0 radical (unpaired) electrons. The molecule has 2 heteroatoms. The molecule has 0 aliphatic rings. The van der Waals surface area contributed by atoms with Gasteiger partial charge in [0.15, 0.2) is 0 Å². The fourth-order valence-corrected chi connectivity index (χ4v) is 2.46. The summed E-state index contributed by atoms with van der Waals surface area (Å²) in [4.78, 5) is 0. The van der Waals surface area contributed by atoms with Gasteiger partial charge in [0.2, 0.25) is 0 Å². The summed E-state index contributed by atoms with van der Waals surface area (Å²) in [5, 5.41) is 2.46. The van der Waals surface area contributed by atoms with Crippen LogP contribution in [0.1, 0.15) is 0 Å². The van der Waals surface area contributed by atoms with Crippen molar-refractivity contribution in [3.8, 4) is 0 Å². The van der Waals surface area contributed by atoms with Crippen molar-refractivity contribution < 1.29 is 0 Å². The summed E-state index contributed by atoms with van der Waals surface area (Å²) in [6, 6.07) is 14.4. The van der Waals surface area contributed by atoms with Gasteiger partial charge in [-0.05, 0) is 12.1 Å². The number of rotatable bonds is 2. The van der Waals surface area contributed by atoms with Crippen LogP contribution in [-0.4, -0.2) is 4.57 Å². The third-order valence-corrected chi connectivity index (χ3v) is 3.13. The number of nitrogen functional groups attached to an aromatic ring is 1. The second-order valence-corrected chi connectivity index (χ2v) is 4.16. The van der Waals surface area contributed by atoms with Crippen molar-refractivity contribution in [2.75, 3.05) is 5.73 Å². The SMILES string of the molecule is C=CCn1c2ccccc2c2cccc(N)c21. The molecule has 0 spiro atoms. The lowest BCUT2D eigenvalue weighted by Gasteiger charge is -2.05. The van der Waals surface area contributed by atoms with Gasteiger partial charge in [0.1, 0.15) is 0 Å². The molecule has 0 saturated carbocycles. The largest absolute Gasteiger partial charge is 0.397 e. The van der Waals surface area contributed by atoms with Crippen LogP contribution in [0.25, 0.3) is 21.8 Å². The van der Waals surface area contributed by atoms with E-state index in [4.69, 9.17) is 5.73 Å². The zero-order valence-corrected chi connectivity index (χ0v) is 9.56. The first-order valence-corrected chi connectivity index (χ1v) is 5.69. The number of allylic oxidation sites excluding steroid dienone is 1. The maximum absolute atomic E-state index is 6.10. The fourth-order valence-electron chi connectivity index (χ4n) is 2.46. The van der Waals surface area contributed by atoms with E-state index < -0.39 is 0 Å². The molecule has 1 heterocycles. The van der Waals surface area contributed by atoms with Gasteiger partial charge in [-0.3, -0.25) is 0 Å². The maximum Gasteiger partial charge on any atom is 0.0727 e. The van der Waals surface area contributed by atoms with Crippen molar-refractivity contribution in [1.29, 1.82) is 0 Å². The van der Waals surface area contributed by atoms with E-state index in [1.807, 2.05) is 18.2 Å². The summed E-state index contributed by atoms with van der Waals surface area (Å²) in [6.07, 6.45) is 1.90. The first-order valence-electron chi connectivity index (χ1n) is 5.69. The Morgan fingerprint density at radius 3 is 2.65 bits per heavy atom. The molecule has 2 aromatic carbocycles. The second-order valence-electron chi connectivity index (χ2n) is 4.16. The number of para-hydroxylation sites is 2. The molecule has 2 nitrogen and oxygen atoms in total. The van der Waals surface area contributed by atoms with Crippen molar-refractivity contribution in [2.45, 2.75) is 6.54 Å². The molecule has 0 aliphatic carbocycles. The number of benzene rings is 2. The number of nitrogens with two attached hydrogens (primary N) is 1. The van der Waals surface area contributed by atoms with E-state index in [1.165, 1.54) is 16.3 Å². The van der Waals surface area contributed by atoms with Gasteiger partial charge in [0.25, 0.3) is 0 Å². The first kappa shape index (κ1) is 9.97. The lowest BCUT2D eigenvalue weighted by atomic mass is 10.1. The number of fused-ring (bicyclic) bond motifs is 3. The Bertz CT molecular complexity index is 707. The molecule has 3 rings (SSSR count). The van der Waals surface area contributed by atoms with Crippen molar-refractivity contribution in [3.05, 3.63) is 55.1 Å². The number of nitrogens with zero attached hydrogens (tertiary/aromatic N) is 1. The molecule has 0 fully saturated rings. The summed E-state index contributed by atoms with van der Waals surface area (Å²) in [7, 11) is 0. The maximum atomic E-state index is 6.10. The average Bonchev–Trinajstić information content (AvgIpc) is 2.67. The molecule has 0 unspecified atom stereocenters. The third kappa shape index (κ3) is 1.34. The van der Waals surface area contributed by atoms with Crippen LogP contribution in [0.5, 0.6) is 0 Å². The molecule has 0 atom stereocenters. The van der Waals surface area contributed by atoms with E-state index >= 15 is 0 Å². The third-order valence-electron chi connectivity index (χ3n) is 3.13. The zero-order chi connectivity index (χ0) is 11.8. The van der Waals surface area contributed by atoms with E-state index in [9.17, 15) is 0 Å². The Morgan fingerprint density at radius 1 is 1.06 bits per heavy atom. The predicted octanol–water partition coefficient (Wildman–Crippen LogP) is 3.56. The highest BCUT2D eigenvalue weighted by molar-refractivity contribution is 6.11. The summed E-state index contributed by atoms with van der Waals surface area (Å²) in [5.41, 5.74) is 9.23. The van der Waals surface area contributed by atoms with Gasteiger partial charge in [0.05, 0.1) is 11.2 Å². The van der Waals surface area contributed by atoms with Crippen LogP contribution >= 0.6 is 0 Å². The number of hydrogen-bond acceptors (Lipinski definition) is 1. The summed E-state index contributed by atoms with van der Waals surface area (Å²) >= 11 is 0. The number of hydrogen-bond donors (Lipinski definition) is 1. The molecule has 2 N–H and O–H groups in total. The Kier molecular flexibility index (Phi) is 2.15. The lowest BCUT2D eigenvalue weighted by Crippen LogP contribution is -1.97. The predicted molar refractivity (Wildman–Crippen MR) is 74.1 cm³/mol. The van der Waals surface area contributed by atoms with Gasteiger partial charge in [0, 0.05) is 22.8 Å². The lowest BCUT2D eigenvalue weighted by molar-refractivity contribution is 0.902. The molecule has 0 aliphatic heterocycles. The minimum absolute atomic E-state index is 0.776. The van der Waals surface area contributed by atoms with Crippen molar-refractivity contribution in [3.63, 3.8) is 0 Å². The molecule has 84 valence electrons. The average molecular weight is 222 g/mol. The van der Waals surface area contributed by atoms with E-state index in [2.05, 4.69) is 41.5 Å². The van der Waals surface area contributed by atoms with Gasteiger partial charge >= 0.3 is 0 Å². The van der Waals surface area contributed by atoms with Gasteiger partial charge in [-0.15, -0.1) is 6.58 Å². The second kappa shape index (κ2) is 3.67. The molecule has 0 amide bonds. The molecule has 17 heavy (non-hydrogen) atoms. The van der Waals surface area contributed by atoms with Crippen LogP contribution in [0.4, 0.5) is 5.69 Å². The Hall–Kier alpha value is -2.22. The zero-order valence-electron chi connectivity index (χ0n) is 9.56. The molecule has 0 bridgehead atoms. The molecule has 0 saturated heterocycles. The summed E-state index contributed by atoms with van der Waals surface area (Å²) in [5.74, 6) is 0. The normalized spacial score (nSPS) is 11.1. The monoisotopic (exact) mass is 222 g/mol. The highest BCUT2D eigenvalue weighted by atomic mass is 15.0. The number of aromatic nitrogens is 1. The van der Waals surface area contributed by atoms with Crippen LogP contribution in [0.3, 0.4) is 0 Å². The topological polar surface area (TPSA) is 30.9 Å². The number of anilines is 1. The standard InChI is InChI=1S/C15H14N2/c1-2-10-17-14-9-4-3-6-11(14)12-7-5-8-13(16)15(12)17/h2-9H,1,10,16H2. The van der Waals surface area contributed by atoms with E-state index in [-0.39, 0.29) is 0 Å². The Labute approximate surface area is 100.0 Å². The van der Waals surface area contributed by atoms with Crippen LogP contribution in [0.15, 0.2) is 55.1 Å². The van der Waals surface area contributed by atoms with Crippen LogP contribution in [-0.2, 0) is 6.54 Å². The Balaban J connectivity index is 2.57. The van der Waals surface area contributed by atoms with Crippen molar-refractivity contribution in [2.24, 2.45) is 0 Å². The highest BCUT2D eigenvalue weighted by Gasteiger charge is 2.10. The van der Waals surface area contributed by atoms with Crippen LogP contribution < -0.4 is 5.73 Å². The van der Waals surface area contributed by atoms with Crippen molar-refractivity contribution >= 4 is 27.5 Å². The quantitative estimate of drug-likeness (QED) is 0.521. The van der Waals surface area contributed by atoms with Gasteiger partial charge < -0.3 is 10.3 Å². The summed E-state index contributed by atoms with van der Waals surface area (Å²) < 4.78 is 2.22. The summed E-state index contributed by atoms with van der Waals surface area (Å²) in [6.45, 7) is 4.59. The van der Waals surface area contributed by atoms with Crippen LogP contribution in [0, 0.1) is 0 Å². The molecule has 3 aromatic rings. The minimum atomic E-state index is 0.776. The fraction of sp³-hybridized carbons (Fsp3) is 0.0667.